The van der Waals surface area contributed by atoms with E-state index in [0.717, 1.165) is 13.1 Å². The Morgan fingerprint density at radius 3 is 3.00 bits per heavy atom. The van der Waals surface area contributed by atoms with Crippen LogP contribution in [0.5, 0.6) is 0 Å². The number of carbonyl (C=O) groups excluding carboxylic acids is 1. The normalized spacial score (nSPS) is 20.0. The van der Waals surface area contributed by atoms with Gasteiger partial charge in [-0.2, -0.15) is 0 Å². The predicted molar refractivity (Wildman–Crippen MR) is 72.1 cm³/mol. The van der Waals surface area contributed by atoms with E-state index in [0.29, 0.717) is 11.7 Å². The molecule has 1 aromatic rings. The first-order chi connectivity index (χ1) is 9.19. The van der Waals surface area contributed by atoms with Gasteiger partial charge in [-0.1, -0.05) is 0 Å². The summed E-state index contributed by atoms with van der Waals surface area (Å²) < 4.78 is 4.58. The molecule has 6 nitrogen and oxygen atoms in total. The SMILES string of the molecule is COC(=O)c1cnc(NCC2CCCN(C)C2)cn1. The summed E-state index contributed by atoms with van der Waals surface area (Å²) in [7, 11) is 3.48. The standard InChI is InChI=1S/C13H20N4O2/c1-17-5-3-4-10(9-17)6-15-12-8-14-11(7-16-12)13(18)19-2/h7-8,10H,3-6,9H2,1-2H3,(H,15,16). The summed E-state index contributed by atoms with van der Waals surface area (Å²) in [6.07, 6.45) is 5.49. The molecule has 0 radical (unpaired) electrons. The van der Waals surface area contributed by atoms with Gasteiger partial charge in [-0.3, -0.25) is 0 Å². The van der Waals surface area contributed by atoms with Gasteiger partial charge in [0, 0.05) is 13.1 Å². The van der Waals surface area contributed by atoms with E-state index in [1.807, 2.05) is 0 Å². The molecule has 0 bridgehead atoms. The number of rotatable bonds is 4. The van der Waals surface area contributed by atoms with Crippen molar-refractivity contribution >= 4 is 11.8 Å². The van der Waals surface area contributed by atoms with E-state index in [9.17, 15) is 4.79 Å². The summed E-state index contributed by atoms with van der Waals surface area (Å²) in [5, 5.41) is 3.27. The fourth-order valence-corrected chi connectivity index (χ4v) is 2.32. The molecule has 0 aromatic carbocycles. The van der Waals surface area contributed by atoms with Crippen molar-refractivity contribution in [2.75, 3.05) is 39.1 Å². The third-order valence-corrected chi connectivity index (χ3v) is 3.34. The number of hydrogen-bond acceptors (Lipinski definition) is 6. The van der Waals surface area contributed by atoms with Crippen molar-refractivity contribution in [2.24, 2.45) is 5.92 Å². The molecule has 1 fully saturated rings. The second-order valence-electron chi connectivity index (χ2n) is 4.93. The van der Waals surface area contributed by atoms with Crippen LogP contribution in [0.15, 0.2) is 12.4 Å². The Morgan fingerprint density at radius 2 is 2.37 bits per heavy atom. The summed E-state index contributed by atoms with van der Waals surface area (Å²) in [4.78, 5) is 21.7. The van der Waals surface area contributed by atoms with Gasteiger partial charge in [0.05, 0.1) is 19.5 Å². The van der Waals surface area contributed by atoms with Crippen LogP contribution in [0.2, 0.25) is 0 Å². The molecular weight excluding hydrogens is 244 g/mol. The molecule has 0 aliphatic carbocycles. The van der Waals surface area contributed by atoms with Crippen molar-refractivity contribution in [1.82, 2.24) is 14.9 Å². The smallest absolute Gasteiger partial charge is 0.358 e. The van der Waals surface area contributed by atoms with Gasteiger partial charge in [-0.25, -0.2) is 14.8 Å². The van der Waals surface area contributed by atoms with Crippen LogP contribution < -0.4 is 5.32 Å². The maximum Gasteiger partial charge on any atom is 0.358 e. The van der Waals surface area contributed by atoms with E-state index in [-0.39, 0.29) is 5.69 Å². The van der Waals surface area contributed by atoms with Gasteiger partial charge in [0.1, 0.15) is 5.82 Å². The molecule has 1 N–H and O–H groups in total. The van der Waals surface area contributed by atoms with Crippen molar-refractivity contribution in [3.8, 4) is 0 Å². The number of likely N-dealkylation sites (tertiary alicyclic amines) is 1. The molecule has 104 valence electrons. The van der Waals surface area contributed by atoms with Gasteiger partial charge in [0.15, 0.2) is 5.69 Å². The first kappa shape index (κ1) is 13.7. The molecule has 1 atom stereocenters. The van der Waals surface area contributed by atoms with Crippen LogP contribution in [0.3, 0.4) is 0 Å². The molecule has 0 spiro atoms. The number of nitrogens with one attached hydrogen (secondary N) is 1. The molecule has 2 rings (SSSR count). The van der Waals surface area contributed by atoms with Gasteiger partial charge in [-0.15, -0.1) is 0 Å². The predicted octanol–water partition coefficient (Wildman–Crippen LogP) is 1.02. The molecule has 1 aliphatic heterocycles. The van der Waals surface area contributed by atoms with Gasteiger partial charge >= 0.3 is 5.97 Å². The number of nitrogens with zero attached hydrogens (tertiary/aromatic N) is 3. The highest BCUT2D eigenvalue weighted by Gasteiger charge is 2.17. The Bertz CT molecular complexity index is 421. The zero-order valence-corrected chi connectivity index (χ0v) is 11.4. The fourth-order valence-electron chi connectivity index (χ4n) is 2.32. The summed E-state index contributed by atoms with van der Waals surface area (Å²) in [6.45, 7) is 3.18. The van der Waals surface area contributed by atoms with Crippen LogP contribution >= 0.6 is 0 Å². The zero-order chi connectivity index (χ0) is 13.7. The van der Waals surface area contributed by atoms with E-state index < -0.39 is 5.97 Å². The highest BCUT2D eigenvalue weighted by molar-refractivity contribution is 5.86. The molecule has 1 aromatic heterocycles. The lowest BCUT2D eigenvalue weighted by Gasteiger charge is -2.29. The van der Waals surface area contributed by atoms with E-state index >= 15 is 0 Å². The minimum atomic E-state index is -0.465. The largest absolute Gasteiger partial charge is 0.464 e. The van der Waals surface area contributed by atoms with Crippen LogP contribution in [0, 0.1) is 5.92 Å². The molecule has 19 heavy (non-hydrogen) atoms. The Kier molecular flexibility index (Phi) is 4.68. The van der Waals surface area contributed by atoms with Crippen LogP contribution in [0.1, 0.15) is 23.3 Å². The second kappa shape index (κ2) is 6.47. The molecule has 0 amide bonds. The molecule has 1 aliphatic rings. The summed E-state index contributed by atoms with van der Waals surface area (Å²) in [5.74, 6) is 0.870. The first-order valence-electron chi connectivity index (χ1n) is 6.52. The van der Waals surface area contributed by atoms with Crippen LogP contribution in [0.25, 0.3) is 0 Å². The van der Waals surface area contributed by atoms with Gasteiger partial charge in [0.25, 0.3) is 0 Å². The number of esters is 1. The Labute approximate surface area is 113 Å². The lowest BCUT2D eigenvalue weighted by atomic mass is 9.98. The second-order valence-corrected chi connectivity index (χ2v) is 4.93. The quantitative estimate of drug-likeness (QED) is 0.819. The van der Waals surface area contributed by atoms with Crippen LogP contribution in [-0.4, -0.2) is 54.6 Å². The summed E-state index contributed by atoms with van der Waals surface area (Å²) in [5.41, 5.74) is 0.227. The lowest BCUT2D eigenvalue weighted by Crippen LogP contribution is -2.35. The first-order valence-corrected chi connectivity index (χ1v) is 6.52. The van der Waals surface area contributed by atoms with Crippen molar-refractivity contribution in [3.63, 3.8) is 0 Å². The lowest BCUT2D eigenvalue weighted by molar-refractivity contribution is 0.0593. The number of carbonyl (C=O) groups is 1. The Hall–Kier alpha value is -1.69. The van der Waals surface area contributed by atoms with E-state index in [1.54, 1.807) is 6.20 Å². The van der Waals surface area contributed by atoms with Crippen LogP contribution in [0.4, 0.5) is 5.82 Å². The van der Waals surface area contributed by atoms with Gasteiger partial charge in [0.2, 0.25) is 0 Å². The number of methoxy groups -OCH3 is 1. The molecule has 2 heterocycles. The summed E-state index contributed by atoms with van der Waals surface area (Å²) in [6, 6.07) is 0. The molecule has 1 unspecified atom stereocenters. The molecule has 1 saturated heterocycles. The molecule has 0 saturated carbocycles. The average Bonchev–Trinajstić information content (AvgIpc) is 2.45. The molecular formula is C13H20N4O2. The Balaban J connectivity index is 1.84. The Morgan fingerprint density at radius 1 is 1.53 bits per heavy atom. The number of ether oxygens (including phenoxy) is 1. The average molecular weight is 264 g/mol. The number of hydrogen-bond donors (Lipinski definition) is 1. The van der Waals surface area contributed by atoms with Crippen molar-refractivity contribution < 1.29 is 9.53 Å². The van der Waals surface area contributed by atoms with Gasteiger partial charge in [-0.05, 0) is 32.4 Å². The van der Waals surface area contributed by atoms with Crippen molar-refractivity contribution in [2.45, 2.75) is 12.8 Å². The third kappa shape index (κ3) is 3.89. The minimum Gasteiger partial charge on any atom is -0.464 e. The third-order valence-electron chi connectivity index (χ3n) is 3.34. The maximum atomic E-state index is 11.2. The fraction of sp³-hybridized carbons (Fsp3) is 0.615. The number of piperidine rings is 1. The topological polar surface area (TPSA) is 67.3 Å². The van der Waals surface area contributed by atoms with Crippen LogP contribution in [-0.2, 0) is 4.74 Å². The highest BCUT2D eigenvalue weighted by atomic mass is 16.5. The van der Waals surface area contributed by atoms with Crippen molar-refractivity contribution in [1.29, 1.82) is 0 Å². The van der Waals surface area contributed by atoms with Crippen molar-refractivity contribution in [3.05, 3.63) is 18.1 Å². The van der Waals surface area contributed by atoms with E-state index in [1.165, 1.54) is 32.7 Å². The summed E-state index contributed by atoms with van der Waals surface area (Å²) >= 11 is 0. The number of aromatic nitrogens is 2. The number of anilines is 1. The minimum absolute atomic E-state index is 0.227. The monoisotopic (exact) mass is 264 g/mol. The highest BCUT2D eigenvalue weighted by Crippen LogP contribution is 2.15. The zero-order valence-electron chi connectivity index (χ0n) is 11.4. The van der Waals surface area contributed by atoms with E-state index in [2.05, 4.69) is 32.0 Å². The maximum absolute atomic E-state index is 11.2. The molecule has 6 heteroatoms. The van der Waals surface area contributed by atoms with Gasteiger partial charge < -0.3 is 15.0 Å². The van der Waals surface area contributed by atoms with E-state index in [4.69, 9.17) is 0 Å².